The van der Waals surface area contributed by atoms with E-state index in [1.165, 1.54) is 115 Å². The molecule has 3 nitrogen and oxygen atoms in total. The number of likely N-dealkylation sites (N-methyl/N-ethyl adjacent to an activating group) is 1. The van der Waals surface area contributed by atoms with Crippen molar-refractivity contribution in [2.45, 2.75) is 147 Å². The number of halogens is 6. The predicted molar refractivity (Wildman–Crippen MR) is 164 cm³/mol. The largest absolute Gasteiger partial charge is 0.391 e. The first kappa shape index (κ1) is 36.5. The molecule has 0 aromatic heterocycles. The maximum atomic E-state index is 12.5. The zero-order valence-corrected chi connectivity index (χ0v) is 26.9. The fourth-order valence-electron chi connectivity index (χ4n) is 7.90. The number of nitrogens with one attached hydrogen (secondary N) is 1. The van der Waals surface area contributed by atoms with E-state index in [0.29, 0.717) is 18.9 Å². The zero-order chi connectivity index (χ0) is 31.5. The van der Waals surface area contributed by atoms with E-state index >= 15 is 0 Å². The van der Waals surface area contributed by atoms with Crippen LogP contribution in [-0.2, 0) is 0 Å². The van der Waals surface area contributed by atoms with Gasteiger partial charge in [0.2, 0.25) is 0 Å². The molecule has 3 saturated carbocycles. The Hall–Kier alpha value is -0.960. The van der Waals surface area contributed by atoms with E-state index in [9.17, 15) is 26.3 Å². The molecule has 0 aromatic rings. The van der Waals surface area contributed by atoms with Crippen LogP contribution >= 0.6 is 0 Å². The maximum Gasteiger partial charge on any atom is 0.391 e. The highest BCUT2D eigenvalue weighted by molar-refractivity contribution is 5.07. The summed E-state index contributed by atoms with van der Waals surface area (Å²) >= 11 is 0. The molecule has 43 heavy (non-hydrogen) atoms. The first-order chi connectivity index (χ1) is 20.4. The van der Waals surface area contributed by atoms with Crippen molar-refractivity contribution in [1.82, 2.24) is 15.1 Å². The Morgan fingerprint density at radius 2 is 1.21 bits per heavy atom. The van der Waals surface area contributed by atoms with Gasteiger partial charge in [0.1, 0.15) is 0 Å². The van der Waals surface area contributed by atoms with Gasteiger partial charge >= 0.3 is 12.4 Å². The van der Waals surface area contributed by atoms with Gasteiger partial charge in [-0.1, -0.05) is 71.3 Å². The molecule has 5 fully saturated rings. The van der Waals surface area contributed by atoms with Gasteiger partial charge in [0, 0.05) is 31.9 Å². The molecule has 2 saturated heterocycles. The minimum absolute atomic E-state index is 0.149. The highest BCUT2D eigenvalue weighted by atomic mass is 19.4. The summed E-state index contributed by atoms with van der Waals surface area (Å²) in [6.45, 7) is 11.4. The van der Waals surface area contributed by atoms with Crippen LogP contribution in [0.1, 0.15) is 122 Å². The molecule has 2 aliphatic heterocycles. The summed E-state index contributed by atoms with van der Waals surface area (Å²) in [5, 5.41) is 3.38. The molecule has 2 heterocycles. The Bertz CT molecular complexity index is 750. The van der Waals surface area contributed by atoms with Crippen LogP contribution in [0.5, 0.6) is 0 Å². The van der Waals surface area contributed by atoms with Crippen LogP contribution in [-0.4, -0.2) is 67.5 Å². The number of hydrogen-bond donors (Lipinski definition) is 1. The van der Waals surface area contributed by atoms with Crippen LogP contribution < -0.4 is 5.32 Å². The standard InChI is InChI=1S/C19H35N3.C11H16F6.C4H8/c1-16(20-2)19(17-8-4-3-5-9-17)22-14-10-18(11-15-22)21-12-6-7-13-21;1-2-3-7-4-8(10(12,13)14)6-9(5-7)11(15,16)17;1-2-4-3-1/h17-20H,1,3-15H2,2H3;7-9H,2-6H2,1H3;1-4H2. The van der Waals surface area contributed by atoms with Crippen LogP contribution in [0.3, 0.4) is 0 Å². The van der Waals surface area contributed by atoms with Crippen molar-refractivity contribution < 1.29 is 26.3 Å². The van der Waals surface area contributed by atoms with E-state index in [1.807, 2.05) is 0 Å². The molecule has 3 atom stereocenters. The third kappa shape index (κ3) is 11.7. The molecule has 5 aliphatic rings. The second-order valence-electron chi connectivity index (χ2n) is 13.9. The number of alkyl halides is 6. The SMILES string of the molecule is C1CCC1.C=C(NC)C(C1CCCCC1)N1CCC(N2CCCC2)CC1.CCCC1CC(C(F)(F)F)CC(C(F)(F)F)C1. The van der Waals surface area contributed by atoms with E-state index < -0.39 is 36.5 Å². The number of nitrogens with zero attached hydrogens (tertiary/aromatic N) is 2. The summed E-state index contributed by atoms with van der Waals surface area (Å²) in [7, 11) is 2.05. The Morgan fingerprint density at radius 3 is 1.63 bits per heavy atom. The first-order valence-corrected chi connectivity index (χ1v) is 17.4. The van der Waals surface area contributed by atoms with E-state index in [1.54, 1.807) is 6.92 Å². The third-order valence-electron chi connectivity index (χ3n) is 10.8. The third-order valence-corrected chi connectivity index (χ3v) is 10.8. The van der Waals surface area contributed by atoms with E-state index in [2.05, 4.69) is 28.7 Å². The summed E-state index contributed by atoms with van der Waals surface area (Å²) < 4.78 is 75.3. The van der Waals surface area contributed by atoms with Gasteiger partial charge in [-0.25, -0.2) is 0 Å². The lowest BCUT2D eigenvalue weighted by molar-refractivity contribution is -0.228. The van der Waals surface area contributed by atoms with E-state index in [4.69, 9.17) is 0 Å². The van der Waals surface area contributed by atoms with Gasteiger partial charge in [-0.3, -0.25) is 4.90 Å². The molecule has 9 heteroatoms. The molecular weight excluding hydrogens is 564 g/mol. The summed E-state index contributed by atoms with van der Waals surface area (Å²) in [6, 6.07) is 1.43. The Morgan fingerprint density at radius 1 is 0.721 bits per heavy atom. The minimum Gasteiger partial charge on any atom is -0.391 e. The number of rotatable bonds is 7. The van der Waals surface area contributed by atoms with Gasteiger partial charge in [-0.15, -0.1) is 0 Å². The molecule has 5 rings (SSSR count). The van der Waals surface area contributed by atoms with Crippen molar-refractivity contribution in [3.63, 3.8) is 0 Å². The molecule has 0 amide bonds. The van der Waals surface area contributed by atoms with Crippen molar-refractivity contribution >= 4 is 0 Å². The second kappa shape index (κ2) is 17.7. The van der Waals surface area contributed by atoms with Gasteiger partial charge in [0.05, 0.1) is 17.9 Å². The summed E-state index contributed by atoms with van der Waals surface area (Å²) in [5.74, 6) is -3.21. The van der Waals surface area contributed by atoms with Crippen molar-refractivity contribution in [3.05, 3.63) is 12.3 Å². The van der Waals surface area contributed by atoms with E-state index in [-0.39, 0.29) is 12.8 Å². The summed E-state index contributed by atoms with van der Waals surface area (Å²) in [6.07, 6.45) is 9.60. The molecule has 0 radical (unpaired) electrons. The van der Waals surface area contributed by atoms with Crippen molar-refractivity contribution in [2.75, 3.05) is 33.2 Å². The molecule has 0 aromatic carbocycles. The highest BCUT2D eigenvalue weighted by Gasteiger charge is 2.51. The fourth-order valence-corrected chi connectivity index (χ4v) is 7.90. The van der Waals surface area contributed by atoms with Crippen LogP contribution in [0.15, 0.2) is 12.3 Å². The fraction of sp³-hybridized carbons (Fsp3) is 0.941. The Kier molecular flexibility index (Phi) is 15.0. The van der Waals surface area contributed by atoms with Crippen molar-refractivity contribution in [3.8, 4) is 0 Å². The number of likely N-dealkylation sites (tertiary alicyclic amines) is 2. The normalized spacial score (nSPS) is 29.0. The topological polar surface area (TPSA) is 18.5 Å². The first-order valence-electron chi connectivity index (χ1n) is 17.4. The molecule has 3 aliphatic carbocycles. The maximum absolute atomic E-state index is 12.5. The van der Waals surface area contributed by atoms with Crippen LogP contribution in [0, 0.1) is 23.7 Å². The Balaban J connectivity index is 0.000000214. The quantitative estimate of drug-likeness (QED) is 0.285. The van der Waals surface area contributed by atoms with E-state index in [0.717, 1.165) is 12.0 Å². The summed E-state index contributed by atoms with van der Waals surface area (Å²) in [5.41, 5.74) is 1.26. The molecule has 1 N–H and O–H groups in total. The Labute approximate surface area is 257 Å². The average molecular weight is 624 g/mol. The van der Waals surface area contributed by atoms with Crippen LogP contribution in [0.25, 0.3) is 0 Å². The molecule has 252 valence electrons. The monoisotopic (exact) mass is 623 g/mol. The van der Waals surface area contributed by atoms with Gasteiger partial charge in [0.15, 0.2) is 0 Å². The molecule has 0 bridgehead atoms. The number of hydrogen-bond acceptors (Lipinski definition) is 3. The lowest BCUT2D eigenvalue weighted by Gasteiger charge is -2.44. The lowest BCUT2D eigenvalue weighted by atomic mass is 9.73. The molecule has 3 unspecified atom stereocenters. The van der Waals surface area contributed by atoms with Crippen LogP contribution in [0.2, 0.25) is 0 Å². The highest BCUT2D eigenvalue weighted by Crippen LogP contribution is 2.48. The van der Waals surface area contributed by atoms with Gasteiger partial charge < -0.3 is 10.2 Å². The average Bonchev–Trinajstić information content (AvgIpc) is 3.48. The smallest absolute Gasteiger partial charge is 0.391 e. The van der Waals surface area contributed by atoms with Crippen LogP contribution in [0.4, 0.5) is 26.3 Å². The van der Waals surface area contributed by atoms with Gasteiger partial charge in [-0.05, 0) is 82.7 Å². The van der Waals surface area contributed by atoms with Crippen molar-refractivity contribution in [1.29, 1.82) is 0 Å². The zero-order valence-electron chi connectivity index (χ0n) is 26.9. The number of piperidine rings is 1. The lowest BCUT2D eigenvalue weighted by Crippen LogP contribution is -2.51. The summed E-state index contributed by atoms with van der Waals surface area (Å²) in [4.78, 5) is 5.50. The van der Waals surface area contributed by atoms with Gasteiger partial charge in [-0.2, -0.15) is 26.3 Å². The minimum atomic E-state index is -4.50. The van der Waals surface area contributed by atoms with Gasteiger partial charge in [0.25, 0.3) is 0 Å². The predicted octanol–water partition coefficient (Wildman–Crippen LogP) is 9.73. The molecular formula is C34H59F6N3. The second-order valence-corrected chi connectivity index (χ2v) is 13.9. The molecule has 0 spiro atoms. The van der Waals surface area contributed by atoms with Crippen molar-refractivity contribution in [2.24, 2.45) is 23.7 Å².